The molecule has 0 radical (unpaired) electrons. The van der Waals surface area contributed by atoms with Crippen molar-refractivity contribution in [3.05, 3.63) is 65.1 Å². The molecule has 4 nitrogen and oxygen atoms in total. The average molecular weight is 353 g/mol. The largest absolute Gasteiger partial charge is 0.389 e. The molecule has 3 atom stereocenters. The van der Waals surface area contributed by atoms with E-state index in [2.05, 4.69) is 48.0 Å². The zero-order valence-corrected chi connectivity index (χ0v) is 15.5. The summed E-state index contributed by atoms with van der Waals surface area (Å²) in [6, 6.07) is 12.2. The SMILES string of the molecule is CCS[C@@H]1c2ccn3c(C)c(C)nc3c2N[C@H](c2ccccc2)[C@H]1O. The minimum absolute atomic E-state index is 0.0359. The Hall–Kier alpha value is -1.98. The molecule has 0 amide bonds. The summed E-state index contributed by atoms with van der Waals surface area (Å²) in [7, 11) is 0. The van der Waals surface area contributed by atoms with E-state index in [1.54, 1.807) is 11.8 Å². The van der Waals surface area contributed by atoms with E-state index in [1.807, 2.05) is 25.1 Å². The monoisotopic (exact) mass is 353 g/mol. The topological polar surface area (TPSA) is 49.6 Å². The van der Waals surface area contributed by atoms with Gasteiger partial charge in [-0.1, -0.05) is 37.3 Å². The van der Waals surface area contributed by atoms with Gasteiger partial charge in [0.05, 0.1) is 28.8 Å². The van der Waals surface area contributed by atoms with Crippen LogP contribution in [0.5, 0.6) is 0 Å². The summed E-state index contributed by atoms with van der Waals surface area (Å²) in [6.45, 7) is 6.27. The predicted octanol–water partition coefficient (Wildman–Crippen LogP) is 4.27. The maximum atomic E-state index is 11.1. The Labute approximate surface area is 152 Å². The van der Waals surface area contributed by atoms with E-state index < -0.39 is 6.10 Å². The van der Waals surface area contributed by atoms with Gasteiger partial charge in [0.2, 0.25) is 0 Å². The van der Waals surface area contributed by atoms with Gasteiger partial charge in [-0.15, -0.1) is 0 Å². The zero-order valence-electron chi connectivity index (χ0n) is 14.7. The third-order valence-corrected chi connectivity index (χ3v) is 6.29. The molecule has 0 fully saturated rings. The number of imidazole rings is 1. The molecule has 0 saturated heterocycles. The van der Waals surface area contributed by atoms with Gasteiger partial charge in [-0.3, -0.25) is 0 Å². The molecule has 0 saturated carbocycles. The Morgan fingerprint density at radius 3 is 2.68 bits per heavy atom. The van der Waals surface area contributed by atoms with E-state index in [4.69, 9.17) is 4.98 Å². The Morgan fingerprint density at radius 2 is 1.96 bits per heavy atom. The van der Waals surface area contributed by atoms with Gasteiger partial charge in [0, 0.05) is 11.9 Å². The number of hydrogen-bond donors (Lipinski definition) is 2. The van der Waals surface area contributed by atoms with Gasteiger partial charge in [0.15, 0.2) is 5.65 Å². The number of nitrogens with one attached hydrogen (secondary N) is 1. The molecule has 130 valence electrons. The van der Waals surface area contributed by atoms with Crippen molar-refractivity contribution >= 4 is 23.1 Å². The maximum Gasteiger partial charge on any atom is 0.161 e. The van der Waals surface area contributed by atoms with Gasteiger partial charge in [0.25, 0.3) is 0 Å². The van der Waals surface area contributed by atoms with Crippen LogP contribution in [0.25, 0.3) is 5.65 Å². The van der Waals surface area contributed by atoms with E-state index in [0.29, 0.717) is 0 Å². The number of aryl methyl sites for hydroxylation is 2. The summed E-state index contributed by atoms with van der Waals surface area (Å²) in [6.07, 6.45) is 1.59. The first-order valence-electron chi connectivity index (χ1n) is 8.71. The van der Waals surface area contributed by atoms with Crippen molar-refractivity contribution < 1.29 is 5.11 Å². The first kappa shape index (κ1) is 16.5. The molecule has 1 aromatic carbocycles. The number of fused-ring (bicyclic) bond motifs is 3. The first-order valence-corrected chi connectivity index (χ1v) is 9.76. The molecule has 0 spiro atoms. The number of rotatable bonds is 3. The van der Waals surface area contributed by atoms with Crippen LogP contribution in [0.4, 0.5) is 5.69 Å². The Morgan fingerprint density at radius 1 is 1.20 bits per heavy atom. The molecular formula is C20H23N3OS. The fraction of sp³-hybridized carbons (Fsp3) is 0.350. The molecule has 4 rings (SSSR count). The molecule has 25 heavy (non-hydrogen) atoms. The number of aromatic nitrogens is 2. The van der Waals surface area contributed by atoms with E-state index in [9.17, 15) is 5.11 Å². The second-order valence-corrected chi connectivity index (χ2v) is 7.94. The molecule has 1 aliphatic heterocycles. The van der Waals surface area contributed by atoms with Crippen molar-refractivity contribution in [2.75, 3.05) is 11.1 Å². The zero-order chi connectivity index (χ0) is 17.6. The van der Waals surface area contributed by atoms with Crippen LogP contribution in [0.15, 0.2) is 42.6 Å². The average Bonchev–Trinajstić information content (AvgIpc) is 2.92. The van der Waals surface area contributed by atoms with Crippen LogP contribution in [0, 0.1) is 13.8 Å². The van der Waals surface area contributed by atoms with Crippen LogP contribution in [0.1, 0.15) is 40.7 Å². The predicted molar refractivity (Wildman–Crippen MR) is 104 cm³/mol. The number of benzene rings is 1. The van der Waals surface area contributed by atoms with Crippen molar-refractivity contribution in [2.24, 2.45) is 0 Å². The fourth-order valence-corrected chi connectivity index (χ4v) is 4.74. The second kappa shape index (κ2) is 6.39. The smallest absolute Gasteiger partial charge is 0.161 e. The van der Waals surface area contributed by atoms with Crippen molar-refractivity contribution in [1.29, 1.82) is 0 Å². The van der Waals surface area contributed by atoms with E-state index in [0.717, 1.165) is 39.6 Å². The van der Waals surface area contributed by atoms with Gasteiger partial charge >= 0.3 is 0 Å². The van der Waals surface area contributed by atoms with E-state index in [-0.39, 0.29) is 11.3 Å². The summed E-state index contributed by atoms with van der Waals surface area (Å²) in [5.41, 5.74) is 6.43. The molecule has 1 aliphatic rings. The number of thioether (sulfide) groups is 1. The van der Waals surface area contributed by atoms with Crippen LogP contribution in [0.2, 0.25) is 0 Å². The molecule has 3 aromatic rings. The molecule has 0 bridgehead atoms. The highest BCUT2D eigenvalue weighted by Crippen LogP contribution is 2.47. The summed E-state index contributed by atoms with van der Waals surface area (Å²) < 4.78 is 2.13. The fourth-order valence-electron chi connectivity index (χ4n) is 3.65. The number of anilines is 1. The van der Waals surface area contributed by atoms with Crippen molar-refractivity contribution in [2.45, 2.75) is 38.2 Å². The van der Waals surface area contributed by atoms with Crippen LogP contribution < -0.4 is 5.32 Å². The maximum absolute atomic E-state index is 11.1. The Kier molecular flexibility index (Phi) is 4.21. The van der Waals surface area contributed by atoms with Gasteiger partial charge in [-0.05, 0) is 36.8 Å². The molecule has 3 heterocycles. The lowest BCUT2D eigenvalue weighted by Gasteiger charge is -2.37. The van der Waals surface area contributed by atoms with Crippen LogP contribution in [0.3, 0.4) is 0 Å². The Bertz CT molecular complexity index is 906. The van der Waals surface area contributed by atoms with Crippen molar-refractivity contribution in [1.82, 2.24) is 9.38 Å². The highest BCUT2D eigenvalue weighted by Gasteiger charge is 2.37. The minimum atomic E-state index is -0.487. The molecule has 0 aliphatic carbocycles. The second-order valence-electron chi connectivity index (χ2n) is 6.52. The quantitative estimate of drug-likeness (QED) is 0.738. The van der Waals surface area contributed by atoms with Crippen LogP contribution in [-0.2, 0) is 0 Å². The van der Waals surface area contributed by atoms with Crippen LogP contribution in [-0.4, -0.2) is 26.3 Å². The van der Waals surface area contributed by atoms with Crippen molar-refractivity contribution in [3.8, 4) is 0 Å². The first-order chi connectivity index (χ1) is 12.1. The number of nitrogens with zero attached hydrogens (tertiary/aromatic N) is 2. The highest BCUT2D eigenvalue weighted by molar-refractivity contribution is 7.99. The normalized spacial score (nSPS) is 22.6. The molecule has 0 unspecified atom stereocenters. The van der Waals surface area contributed by atoms with E-state index in [1.165, 1.54) is 0 Å². The van der Waals surface area contributed by atoms with Gasteiger partial charge < -0.3 is 14.8 Å². The minimum Gasteiger partial charge on any atom is -0.389 e. The lowest BCUT2D eigenvalue weighted by Crippen LogP contribution is -2.35. The van der Waals surface area contributed by atoms with Crippen LogP contribution >= 0.6 is 11.8 Å². The number of aliphatic hydroxyl groups excluding tert-OH is 1. The van der Waals surface area contributed by atoms with Gasteiger partial charge in [0.1, 0.15) is 0 Å². The number of aliphatic hydroxyl groups is 1. The Balaban J connectivity index is 1.90. The lowest BCUT2D eigenvalue weighted by atomic mass is 9.91. The van der Waals surface area contributed by atoms with E-state index >= 15 is 0 Å². The highest BCUT2D eigenvalue weighted by atomic mass is 32.2. The molecule has 2 N–H and O–H groups in total. The molecular weight excluding hydrogens is 330 g/mol. The standard InChI is InChI=1S/C20H23N3OS/c1-4-25-19-15-10-11-23-13(3)12(2)21-20(23)17(15)22-16(18(19)24)14-8-6-5-7-9-14/h5-11,16,18-19,22,24H,4H2,1-3H3/t16-,18-,19-/m1/s1. The summed E-state index contributed by atoms with van der Waals surface area (Å²) >= 11 is 1.79. The summed E-state index contributed by atoms with van der Waals surface area (Å²) in [5.74, 6) is 0.959. The summed E-state index contributed by atoms with van der Waals surface area (Å²) in [5, 5.41) is 14.7. The number of hydrogen-bond acceptors (Lipinski definition) is 4. The third kappa shape index (κ3) is 2.62. The summed E-state index contributed by atoms with van der Waals surface area (Å²) in [4.78, 5) is 4.78. The lowest BCUT2D eigenvalue weighted by molar-refractivity contribution is 0.145. The molecule has 5 heteroatoms. The van der Waals surface area contributed by atoms with Gasteiger partial charge in [-0.2, -0.15) is 11.8 Å². The molecule has 2 aromatic heterocycles. The van der Waals surface area contributed by atoms with Gasteiger partial charge in [-0.25, -0.2) is 4.98 Å². The number of pyridine rings is 1. The van der Waals surface area contributed by atoms with Crippen molar-refractivity contribution in [3.63, 3.8) is 0 Å². The third-order valence-electron chi connectivity index (χ3n) is 5.07.